The summed E-state index contributed by atoms with van der Waals surface area (Å²) in [4.78, 5) is 70.1. The summed E-state index contributed by atoms with van der Waals surface area (Å²) >= 11 is 0. The first-order valence-corrected chi connectivity index (χ1v) is 20.3. The molecule has 2 aromatic carbocycles. The molecule has 20 heteroatoms. The van der Waals surface area contributed by atoms with Crippen LogP contribution in [0, 0.1) is 11.8 Å². The maximum absolute atomic E-state index is 13.4. The third-order valence-electron chi connectivity index (χ3n) is 10.3. The number of carbonyl (C=O) groups excluding carboxylic acids is 4. The fourth-order valence-corrected chi connectivity index (χ4v) is 7.92. The SMILES string of the molecule is Cn1c(=O)n(C2CCC(=O)NC2=O)c2cccc(C#CCOC3CCN(C(=O)c4ccc(-n5cc(NC(=O)c6cccc(-c7ccn[nH]7)n6)c(S(N)(=O)=O)n5)cc4)CC3)c21. The standard InChI is InChI=1S/C40H37N11O8S/c1-48-35-24(5-2-9-32(35)51(40(48)56)33-14-15-34(52)45-37(33)54)6-4-22-59-27-17-20-49(21-18-27)39(55)25-10-12-26(13-11-25)50-23-31(38(47-50)60(41,57)58)44-36(53)30-8-3-7-28(43-30)29-16-19-42-46-29/h2-3,5,7-13,16,19,23,27,33H,14-15,17-18,20-22H2,1H3,(H,42,46)(H,44,53)(H2,41,57,58)(H,45,52,54). The molecule has 2 saturated heterocycles. The Bertz CT molecular complexity index is 2900. The number of anilines is 1. The molecule has 2 aliphatic heterocycles. The maximum Gasteiger partial charge on any atom is 0.329 e. The minimum atomic E-state index is -4.36. The molecule has 6 aromatic rings. The van der Waals surface area contributed by atoms with Crippen molar-refractivity contribution >= 4 is 50.4 Å². The maximum atomic E-state index is 13.4. The molecule has 4 amide bonds. The van der Waals surface area contributed by atoms with Crippen LogP contribution >= 0.6 is 0 Å². The van der Waals surface area contributed by atoms with Crippen LogP contribution in [-0.2, 0) is 31.4 Å². The number of benzene rings is 2. The van der Waals surface area contributed by atoms with Crippen molar-refractivity contribution in [2.24, 2.45) is 12.2 Å². The molecule has 2 fully saturated rings. The van der Waals surface area contributed by atoms with Gasteiger partial charge in [-0.25, -0.2) is 28.0 Å². The predicted octanol–water partition coefficient (Wildman–Crippen LogP) is 1.86. The molecule has 8 rings (SSSR count). The first kappa shape index (κ1) is 39.6. The zero-order chi connectivity index (χ0) is 42.1. The summed E-state index contributed by atoms with van der Waals surface area (Å²) in [6.07, 6.45) is 4.29. The van der Waals surface area contributed by atoms with Crippen LogP contribution in [-0.4, -0.2) is 96.8 Å². The number of sulfonamides is 1. The number of imide groups is 1. The number of aryl methyl sites for hydroxylation is 1. The summed E-state index contributed by atoms with van der Waals surface area (Å²) in [5.74, 6) is 4.38. The molecule has 0 spiro atoms. The molecule has 1 unspecified atom stereocenters. The van der Waals surface area contributed by atoms with E-state index in [4.69, 9.17) is 9.88 Å². The van der Waals surface area contributed by atoms with Gasteiger partial charge in [0.2, 0.25) is 16.8 Å². The minimum absolute atomic E-state index is 0.0175. The number of para-hydroxylation sites is 1. The van der Waals surface area contributed by atoms with Crippen LogP contribution in [0.5, 0.6) is 0 Å². The van der Waals surface area contributed by atoms with Gasteiger partial charge in [-0.2, -0.15) is 10.2 Å². The number of nitrogens with two attached hydrogens (primary N) is 1. The number of likely N-dealkylation sites (tertiary alicyclic amines) is 1. The summed E-state index contributed by atoms with van der Waals surface area (Å²) < 4.78 is 35.1. The molecule has 5 N–H and O–H groups in total. The number of fused-ring (bicyclic) bond motifs is 1. The summed E-state index contributed by atoms with van der Waals surface area (Å²) in [6.45, 7) is 1.03. The second kappa shape index (κ2) is 16.2. The highest BCUT2D eigenvalue weighted by Crippen LogP contribution is 2.26. The zero-order valence-electron chi connectivity index (χ0n) is 32.0. The number of aromatic nitrogens is 7. The van der Waals surface area contributed by atoms with Gasteiger partial charge in [-0.1, -0.05) is 24.0 Å². The summed E-state index contributed by atoms with van der Waals surface area (Å²) in [5.41, 5.74) is 3.08. The van der Waals surface area contributed by atoms with E-state index < -0.39 is 32.9 Å². The number of carbonyl (C=O) groups is 4. The molecular formula is C40H37N11O8S. The number of hydrogen-bond acceptors (Lipinski definition) is 11. The van der Waals surface area contributed by atoms with Crippen molar-refractivity contribution in [2.45, 2.75) is 42.9 Å². The predicted molar refractivity (Wildman–Crippen MR) is 215 cm³/mol. The normalized spacial score (nSPS) is 16.0. The number of rotatable bonds is 9. The second-order valence-corrected chi connectivity index (χ2v) is 15.6. The molecule has 0 aliphatic carbocycles. The van der Waals surface area contributed by atoms with E-state index in [9.17, 15) is 32.4 Å². The van der Waals surface area contributed by atoms with Gasteiger partial charge < -0.3 is 15.0 Å². The van der Waals surface area contributed by atoms with Gasteiger partial charge in [0.25, 0.3) is 21.8 Å². The molecule has 2 aliphatic rings. The van der Waals surface area contributed by atoms with Gasteiger partial charge in [-0.3, -0.25) is 38.7 Å². The largest absolute Gasteiger partial charge is 0.365 e. The minimum Gasteiger partial charge on any atom is -0.365 e. The van der Waals surface area contributed by atoms with E-state index >= 15 is 0 Å². The Morgan fingerprint density at radius 1 is 1.00 bits per heavy atom. The number of pyridine rings is 1. The molecule has 19 nitrogen and oxygen atoms in total. The summed E-state index contributed by atoms with van der Waals surface area (Å²) in [7, 11) is -2.74. The van der Waals surface area contributed by atoms with E-state index in [-0.39, 0.29) is 54.4 Å². The van der Waals surface area contributed by atoms with Gasteiger partial charge in [-0.05, 0) is 73.9 Å². The Hall–Kier alpha value is -7.21. The lowest BCUT2D eigenvalue weighted by molar-refractivity contribution is -0.135. The number of imidazole rings is 1. The Morgan fingerprint density at radius 2 is 1.77 bits per heavy atom. The number of ether oxygens (including phenoxy) is 1. The van der Waals surface area contributed by atoms with E-state index in [0.717, 1.165) is 0 Å². The highest BCUT2D eigenvalue weighted by Gasteiger charge is 2.32. The van der Waals surface area contributed by atoms with Gasteiger partial charge >= 0.3 is 5.69 Å². The van der Waals surface area contributed by atoms with Crippen LogP contribution in [0.2, 0.25) is 0 Å². The first-order chi connectivity index (χ1) is 28.9. The lowest BCUT2D eigenvalue weighted by Crippen LogP contribution is -2.44. The monoisotopic (exact) mass is 831 g/mol. The van der Waals surface area contributed by atoms with Gasteiger partial charge in [0.15, 0.2) is 0 Å². The van der Waals surface area contributed by atoms with Crippen molar-refractivity contribution in [3.63, 3.8) is 0 Å². The number of primary sulfonamides is 1. The van der Waals surface area contributed by atoms with Crippen molar-refractivity contribution < 1.29 is 32.3 Å². The van der Waals surface area contributed by atoms with E-state index in [1.54, 1.807) is 78.8 Å². The van der Waals surface area contributed by atoms with Gasteiger partial charge in [-0.15, -0.1) is 0 Å². The van der Waals surface area contributed by atoms with Crippen molar-refractivity contribution in [1.29, 1.82) is 0 Å². The Labute approximate surface area is 341 Å². The highest BCUT2D eigenvalue weighted by atomic mass is 32.2. The third kappa shape index (κ3) is 7.96. The summed E-state index contributed by atoms with van der Waals surface area (Å²) in [6, 6.07) is 17.4. The van der Waals surface area contributed by atoms with Gasteiger partial charge in [0.1, 0.15) is 24.0 Å². The Kier molecular flexibility index (Phi) is 10.7. The number of H-pyrrole nitrogens is 1. The van der Waals surface area contributed by atoms with Gasteiger partial charge in [0.05, 0.1) is 46.0 Å². The van der Waals surface area contributed by atoms with Crippen molar-refractivity contribution in [3.8, 4) is 28.9 Å². The van der Waals surface area contributed by atoms with E-state index in [2.05, 4.69) is 42.8 Å². The number of nitrogens with zero attached hydrogens (tertiary/aromatic N) is 7. The van der Waals surface area contributed by atoms with Crippen LogP contribution in [0.15, 0.2) is 88.9 Å². The van der Waals surface area contributed by atoms with Crippen LogP contribution in [0.3, 0.4) is 0 Å². The number of piperidine rings is 2. The van der Waals surface area contributed by atoms with Crippen molar-refractivity contribution in [1.82, 2.24) is 44.3 Å². The number of aromatic amines is 1. The average Bonchev–Trinajstić information content (AvgIpc) is 4.00. The molecule has 0 bridgehead atoms. The Morgan fingerprint density at radius 3 is 2.48 bits per heavy atom. The smallest absolute Gasteiger partial charge is 0.329 e. The van der Waals surface area contributed by atoms with Crippen LogP contribution in [0.4, 0.5) is 5.69 Å². The highest BCUT2D eigenvalue weighted by molar-refractivity contribution is 7.89. The quantitative estimate of drug-likeness (QED) is 0.121. The van der Waals surface area contributed by atoms with E-state index in [1.807, 2.05) is 0 Å². The Balaban J connectivity index is 0.874. The van der Waals surface area contributed by atoms with Crippen molar-refractivity contribution in [2.75, 3.05) is 25.0 Å². The van der Waals surface area contributed by atoms with Crippen LogP contribution in [0.1, 0.15) is 58.1 Å². The van der Waals surface area contributed by atoms with Crippen LogP contribution < -0.4 is 21.5 Å². The van der Waals surface area contributed by atoms with E-state index in [1.165, 1.54) is 26.1 Å². The molecule has 60 heavy (non-hydrogen) atoms. The zero-order valence-corrected chi connectivity index (χ0v) is 32.8. The fourth-order valence-electron chi connectivity index (χ4n) is 7.31. The summed E-state index contributed by atoms with van der Waals surface area (Å²) in [5, 5.41) is 20.5. The molecule has 1 atom stereocenters. The molecule has 6 heterocycles. The van der Waals surface area contributed by atoms with Gasteiger partial charge in [0, 0.05) is 38.3 Å². The fraction of sp³-hybridized carbons (Fsp3) is 0.250. The third-order valence-corrected chi connectivity index (χ3v) is 11.1. The first-order valence-electron chi connectivity index (χ1n) is 18.8. The van der Waals surface area contributed by atoms with E-state index in [0.29, 0.717) is 65.2 Å². The molecule has 0 radical (unpaired) electrons. The number of hydrogen-bond donors (Lipinski definition) is 4. The molecular weight excluding hydrogens is 795 g/mol. The number of nitrogens with one attached hydrogen (secondary N) is 3. The average molecular weight is 832 g/mol. The lowest BCUT2D eigenvalue weighted by atomic mass is 10.1. The second-order valence-electron chi connectivity index (χ2n) is 14.2. The van der Waals surface area contributed by atoms with Crippen LogP contribution in [0.25, 0.3) is 28.1 Å². The lowest BCUT2D eigenvalue weighted by Gasteiger charge is -2.31. The van der Waals surface area contributed by atoms with Crippen molar-refractivity contribution in [3.05, 3.63) is 106 Å². The number of amides is 4. The molecule has 306 valence electrons. The topological polar surface area (TPSA) is 251 Å². The molecule has 0 saturated carbocycles. The molecule has 4 aromatic heterocycles.